The van der Waals surface area contributed by atoms with Crippen molar-refractivity contribution in [2.24, 2.45) is 0 Å². The van der Waals surface area contributed by atoms with Crippen molar-refractivity contribution in [3.8, 4) is 0 Å². The number of piperidine rings is 1. The fourth-order valence-corrected chi connectivity index (χ4v) is 5.48. The van der Waals surface area contributed by atoms with E-state index in [1.165, 1.54) is 19.3 Å². The van der Waals surface area contributed by atoms with Crippen LogP contribution in [0.2, 0.25) is 0 Å². The third-order valence-corrected chi connectivity index (χ3v) is 7.74. The standard InChI is InChI=1S/C26H34N12O2/c1-16(39)29-18-5-3-11-37(15-18)24-32-23(31-20-13-19(35-36-20)17-6-7-17)33-25(34-24)38-12-4-8-26(38,2)22(40)30-21-14-27-9-10-28-21/h9-10,13-14,17-18H,3-8,11-12,15H2,1-2H3,(H,29,39)(H,28,30,40)(H2,31,32,33,34,35,36). The molecule has 2 aliphatic heterocycles. The van der Waals surface area contributed by atoms with Crippen molar-refractivity contribution in [3.63, 3.8) is 0 Å². The normalized spacial score (nSPS) is 22.7. The largest absolute Gasteiger partial charge is 0.352 e. The molecule has 0 radical (unpaired) electrons. The van der Waals surface area contributed by atoms with Crippen LogP contribution in [0, 0.1) is 0 Å². The van der Waals surface area contributed by atoms with Crippen LogP contribution in [0.1, 0.15) is 64.0 Å². The predicted octanol–water partition coefficient (Wildman–Crippen LogP) is 2.11. The molecular weight excluding hydrogens is 512 g/mol. The first-order chi connectivity index (χ1) is 19.4. The van der Waals surface area contributed by atoms with E-state index in [1.54, 1.807) is 6.20 Å². The Labute approximate surface area is 231 Å². The molecule has 3 aromatic rings. The summed E-state index contributed by atoms with van der Waals surface area (Å²) < 4.78 is 0. The van der Waals surface area contributed by atoms with Crippen LogP contribution < -0.4 is 25.8 Å². The monoisotopic (exact) mass is 546 g/mol. The number of carbonyl (C=O) groups excluding carboxylic acids is 2. The molecule has 6 rings (SSSR count). The van der Waals surface area contributed by atoms with Gasteiger partial charge in [0.25, 0.3) is 5.91 Å². The highest BCUT2D eigenvalue weighted by Gasteiger charge is 2.45. The second kappa shape index (κ2) is 10.7. The summed E-state index contributed by atoms with van der Waals surface area (Å²) in [5.41, 5.74) is 0.125. The molecule has 2 amide bonds. The first-order valence-electron chi connectivity index (χ1n) is 13.8. The molecule has 3 aromatic heterocycles. The summed E-state index contributed by atoms with van der Waals surface area (Å²) in [6, 6.07) is 1.99. The Hall–Kier alpha value is -4.36. The van der Waals surface area contributed by atoms with Gasteiger partial charge in [-0.2, -0.15) is 20.1 Å². The lowest BCUT2D eigenvalue weighted by Gasteiger charge is -2.36. The number of anilines is 5. The van der Waals surface area contributed by atoms with Crippen LogP contribution in [-0.4, -0.2) is 78.1 Å². The van der Waals surface area contributed by atoms with Gasteiger partial charge in [0.1, 0.15) is 11.4 Å². The predicted molar refractivity (Wildman–Crippen MR) is 148 cm³/mol. The summed E-state index contributed by atoms with van der Waals surface area (Å²) in [5, 5.41) is 16.7. The van der Waals surface area contributed by atoms with Gasteiger partial charge in [-0.15, -0.1) is 0 Å². The van der Waals surface area contributed by atoms with Crippen molar-refractivity contribution < 1.29 is 9.59 Å². The van der Waals surface area contributed by atoms with Gasteiger partial charge in [0, 0.05) is 57.0 Å². The van der Waals surface area contributed by atoms with Crippen molar-refractivity contribution in [3.05, 3.63) is 30.4 Å². The maximum atomic E-state index is 13.5. The van der Waals surface area contributed by atoms with Crippen LogP contribution in [0.25, 0.3) is 0 Å². The molecule has 14 heteroatoms. The van der Waals surface area contributed by atoms with Gasteiger partial charge in [-0.05, 0) is 45.4 Å². The topological polar surface area (TPSA) is 170 Å². The number of nitrogens with zero attached hydrogens (tertiary/aromatic N) is 8. The number of amides is 2. The molecule has 5 heterocycles. The molecule has 1 aliphatic carbocycles. The maximum absolute atomic E-state index is 13.5. The van der Waals surface area contributed by atoms with Crippen molar-refractivity contribution in [1.29, 1.82) is 0 Å². The van der Waals surface area contributed by atoms with E-state index in [1.807, 2.05) is 17.9 Å². The van der Waals surface area contributed by atoms with Gasteiger partial charge in [0.2, 0.25) is 23.8 Å². The summed E-state index contributed by atoms with van der Waals surface area (Å²) in [6.07, 6.45) is 10.1. The first-order valence-corrected chi connectivity index (χ1v) is 13.8. The fourth-order valence-electron chi connectivity index (χ4n) is 5.48. The van der Waals surface area contributed by atoms with Crippen LogP contribution in [0.5, 0.6) is 0 Å². The van der Waals surface area contributed by atoms with Crippen molar-refractivity contribution in [1.82, 2.24) is 40.4 Å². The van der Waals surface area contributed by atoms with Crippen LogP contribution in [0.15, 0.2) is 24.7 Å². The van der Waals surface area contributed by atoms with Crippen LogP contribution >= 0.6 is 0 Å². The highest BCUT2D eigenvalue weighted by atomic mass is 16.2. The molecule has 2 unspecified atom stereocenters. The molecule has 2 saturated heterocycles. The zero-order valence-corrected chi connectivity index (χ0v) is 22.7. The number of aromatic amines is 1. The average molecular weight is 547 g/mol. The summed E-state index contributed by atoms with van der Waals surface area (Å²) in [5.74, 6) is 2.60. The number of hydrogen-bond donors (Lipinski definition) is 4. The van der Waals surface area contributed by atoms with E-state index in [0.29, 0.717) is 54.9 Å². The van der Waals surface area contributed by atoms with E-state index in [0.717, 1.165) is 44.3 Å². The molecule has 40 heavy (non-hydrogen) atoms. The zero-order chi connectivity index (χ0) is 27.7. The zero-order valence-electron chi connectivity index (χ0n) is 22.7. The van der Waals surface area contributed by atoms with Crippen LogP contribution in [0.4, 0.5) is 29.5 Å². The lowest BCUT2D eigenvalue weighted by Crippen LogP contribution is -2.52. The van der Waals surface area contributed by atoms with Gasteiger partial charge in [0.05, 0.1) is 11.9 Å². The van der Waals surface area contributed by atoms with E-state index < -0.39 is 5.54 Å². The number of hydrogen-bond acceptors (Lipinski definition) is 11. The SMILES string of the molecule is CC(=O)NC1CCCN(c2nc(Nc3cc(C4CC4)n[nH]3)nc(N3CCCC3(C)C(=O)Nc3cnccn3)n2)C1. The minimum absolute atomic E-state index is 0.00592. The summed E-state index contributed by atoms with van der Waals surface area (Å²) >= 11 is 0. The molecule has 14 nitrogen and oxygen atoms in total. The van der Waals surface area contributed by atoms with E-state index in [4.69, 9.17) is 15.0 Å². The van der Waals surface area contributed by atoms with Gasteiger partial charge in [-0.25, -0.2) is 4.98 Å². The summed E-state index contributed by atoms with van der Waals surface area (Å²) in [6.45, 7) is 5.37. The first kappa shape index (κ1) is 25.9. The molecule has 210 valence electrons. The third-order valence-electron chi connectivity index (χ3n) is 7.74. The average Bonchev–Trinajstić information content (AvgIpc) is 3.56. The minimum atomic E-state index is -0.902. The minimum Gasteiger partial charge on any atom is -0.352 e. The van der Waals surface area contributed by atoms with E-state index in [-0.39, 0.29) is 17.9 Å². The van der Waals surface area contributed by atoms with E-state index in [2.05, 4.69) is 41.0 Å². The van der Waals surface area contributed by atoms with Crippen LogP contribution in [-0.2, 0) is 9.59 Å². The second-order valence-corrected chi connectivity index (χ2v) is 10.9. The highest BCUT2D eigenvalue weighted by molar-refractivity contribution is 5.99. The summed E-state index contributed by atoms with van der Waals surface area (Å²) in [4.78, 5) is 51.9. The Kier molecular flexibility index (Phi) is 6.90. The Morgan fingerprint density at radius 3 is 2.70 bits per heavy atom. The number of rotatable bonds is 8. The van der Waals surface area contributed by atoms with E-state index in [9.17, 15) is 9.59 Å². The van der Waals surface area contributed by atoms with Gasteiger partial charge >= 0.3 is 0 Å². The van der Waals surface area contributed by atoms with Gasteiger partial charge in [-0.3, -0.25) is 19.7 Å². The Balaban J connectivity index is 1.31. The molecular formula is C26H34N12O2. The number of aromatic nitrogens is 7. The molecule has 3 aliphatic rings. The number of H-pyrrole nitrogens is 1. The quantitative estimate of drug-likeness (QED) is 0.326. The molecule has 2 atom stereocenters. The van der Waals surface area contributed by atoms with Gasteiger partial charge in [-0.1, -0.05) is 0 Å². The molecule has 4 N–H and O–H groups in total. The van der Waals surface area contributed by atoms with Crippen molar-refractivity contribution in [2.75, 3.05) is 40.1 Å². The Morgan fingerprint density at radius 1 is 1.07 bits per heavy atom. The molecule has 3 fully saturated rings. The smallest absolute Gasteiger partial charge is 0.251 e. The Morgan fingerprint density at radius 2 is 1.93 bits per heavy atom. The molecule has 0 spiro atoms. The fraction of sp³-hybridized carbons (Fsp3) is 0.538. The van der Waals surface area contributed by atoms with Crippen LogP contribution in [0.3, 0.4) is 0 Å². The Bertz CT molecular complexity index is 1380. The van der Waals surface area contributed by atoms with E-state index >= 15 is 0 Å². The van der Waals surface area contributed by atoms with Crippen molar-refractivity contribution in [2.45, 2.75) is 69.9 Å². The van der Waals surface area contributed by atoms with Gasteiger partial charge < -0.3 is 25.8 Å². The maximum Gasteiger partial charge on any atom is 0.251 e. The highest BCUT2D eigenvalue weighted by Crippen LogP contribution is 2.40. The lowest BCUT2D eigenvalue weighted by molar-refractivity contribution is -0.121. The molecule has 0 aromatic carbocycles. The third kappa shape index (κ3) is 5.51. The molecule has 0 bridgehead atoms. The van der Waals surface area contributed by atoms with Gasteiger partial charge in [0.15, 0.2) is 5.82 Å². The number of carbonyl (C=O) groups is 2. The second-order valence-electron chi connectivity index (χ2n) is 10.9. The van der Waals surface area contributed by atoms with Crippen molar-refractivity contribution >= 4 is 41.3 Å². The number of nitrogens with one attached hydrogen (secondary N) is 4. The molecule has 1 saturated carbocycles. The lowest BCUT2D eigenvalue weighted by atomic mass is 9.98. The summed E-state index contributed by atoms with van der Waals surface area (Å²) in [7, 11) is 0.